The van der Waals surface area contributed by atoms with Gasteiger partial charge in [-0.3, -0.25) is 9.78 Å². The molecule has 3 rings (SSSR count). The monoisotopic (exact) mass is 340 g/mol. The number of carbonyl (C=O) groups excluding carboxylic acids is 1. The van der Waals surface area contributed by atoms with E-state index in [4.69, 9.17) is 4.74 Å². The average Bonchev–Trinajstić information content (AvgIpc) is 2.62. The Morgan fingerprint density at radius 2 is 1.92 bits per heavy atom. The van der Waals surface area contributed by atoms with E-state index < -0.39 is 0 Å². The number of benzene rings is 1. The largest absolute Gasteiger partial charge is 0.495 e. The van der Waals surface area contributed by atoms with Crippen LogP contribution in [0.25, 0.3) is 0 Å². The van der Waals surface area contributed by atoms with E-state index in [-0.39, 0.29) is 5.91 Å². The molecule has 132 valence electrons. The Kier molecular flexibility index (Phi) is 5.19. The third-order valence-corrected chi connectivity index (χ3v) is 4.45. The summed E-state index contributed by atoms with van der Waals surface area (Å²) < 4.78 is 5.32. The molecule has 0 spiro atoms. The van der Waals surface area contributed by atoms with Crippen molar-refractivity contribution in [2.24, 2.45) is 0 Å². The Bertz CT molecular complexity index is 755. The maximum atomic E-state index is 12.6. The topological polar surface area (TPSA) is 57.7 Å². The highest BCUT2D eigenvalue weighted by Crippen LogP contribution is 2.26. The van der Waals surface area contributed by atoms with Crippen molar-refractivity contribution >= 4 is 17.3 Å². The van der Waals surface area contributed by atoms with Crippen molar-refractivity contribution in [1.82, 2.24) is 9.88 Å². The van der Waals surface area contributed by atoms with E-state index in [1.807, 2.05) is 37.3 Å². The number of likely N-dealkylation sites (N-methyl/N-ethyl adjacent to an activating group) is 1. The van der Waals surface area contributed by atoms with Crippen LogP contribution in [-0.4, -0.2) is 56.1 Å². The van der Waals surface area contributed by atoms with Gasteiger partial charge in [-0.1, -0.05) is 6.07 Å². The van der Waals surface area contributed by atoms with Gasteiger partial charge in [-0.15, -0.1) is 0 Å². The van der Waals surface area contributed by atoms with Gasteiger partial charge in [-0.2, -0.15) is 0 Å². The predicted octanol–water partition coefficient (Wildman–Crippen LogP) is 2.40. The van der Waals surface area contributed by atoms with Crippen LogP contribution in [0.15, 0.2) is 36.5 Å². The number of rotatable bonds is 4. The number of aryl methyl sites for hydroxylation is 1. The van der Waals surface area contributed by atoms with Crippen molar-refractivity contribution in [2.45, 2.75) is 6.92 Å². The van der Waals surface area contributed by atoms with Gasteiger partial charge in [0.2, 0.25) is 0 Å². The summed E-state index contributed by atoms with van der Waals surface area (Å²) in [4.78, 5) is 21.4. The molecule has 25 heavy (non-hydrogen) atoms. The summed E-state index contributed by atoms with van der Waals surface area (Å²) >= 11 is 0. The van der Waals surface area contributed by atoms with Gasteiger partial charge in [0.25, 0.3) is 5.91 Å². The first kappa shape index (κ1) is 17.2. The van der Waals surface area contributed by atoms with Gasteiger partial charge in [-0.25, -0.2) is 0 Å². The van der Waals surface area contributed by atoms with Crippen molar-refractivity contribution in [3.63, 3.8) is 0 Å². The van der Waals surface area contributed by atoms with Gasteiger partial charge >= 0.3 is 0 Å². The van der Waals surface area contributed by atoms with Gasteiger partial charge in [-0.05, 0) is 43.8 Å². The molecule has 0 saturated carbocycles. The number of methoxy groups -OCH3 is 1. The fraction of sp³-hybridized carbons (Fsp3) is 0.368. The molecule has 1 saturated heterocycles. The number of anilines is 2. The van der Waals surface area contributed by atoms with E-state index in [2.05, 4.69) is 27.1 Å². The molecule has 0 atom stereocenters. The third-order valence-electron chi connectivity index (χ3n) is 4.45. The average molecular weight is 340 g/mol. The van der Waals surface area contributed by atoms with E-state index >= 15 is 0 Å². The molecule has 1 aromatic heterocycles. The number of nitrogens with zero attached hydrogens (tertiary/aromatic N) is 3. The molecule has 2 heterocycles. The summed E-state index contributed by atoms with van der Waals surface area (Å²) in [5.41, 5.74) is 3.14. The van der Waals surface area contributed by atoms with Crippen molar-refractivity contribution in [1.29, 1.82) is 0 Å². The molecule has 6 heteroatoms. The second-order valence-corrected chi connectivity index (χ2v) is 6.35. The molecule has 6 nitrogen and oxygen atoms in total. The zero-order valence-electron chi connectivity index (χ0n) is 15.0. The highest BCUT2D eigenvalue weighted by Gasteiger charge is 2.17. The molecular weight excluding hydrogens is 316 g/mol. The van der Waals surface area contributed by atoms with Gasteiger partial charge in [0.05, 0.1) is 12.8 Å². The first-order valence-electron chi connectivity index (χ1n) is 8.42. The number of hydrogen-bond donors (Lipinski definition) is 1. The van der Waals surface area contributed by atoms with E-state index in [1.54, 1.807) is 13.3 Å². The number of piperazine rings is 1. The van der Waals surface area contributed by atoms with Crippen LogP contribution in [0.1, 0.15) is 16.1 Å². The summed E-state index contributed by atoms with van der Waals surface area (Å²) in [6, 6.07) is 9.49. The lowest BCUT2D eigenvalue weighted by atomic mass is 10.2. The zero-order chi connectivity index (χ0) is 17.8. The lowest BCUT2D eigenvalue weighted by molar-refractivity contribution is 0.102. The number of ether oxygens (including phenoxy) is 1. The molecule has 1 amide bonds. The maximum Gasteiger partial charge on any atom is 0.274 e. The van der Waals surface area contributed by atoms with Crippen molar-refractivity contribution in [3.05, 3.63) is 47.8 Å². The Morgan fingerprint density at radius 3 is 2.64 bits per heavy atom. The fourth-order valence-corrected chi connectivity index (χ4v) is 2.91. The molecule has 0 aliphatic carbocycles. The Morgan fingerprint density at radius 1 is 1.16 bits per heavy atom. The lowest BCUT2D eigenvalue weighted by Gasteiger charge is -2.34. The quantitative estimate of drug-likeness (QED) is 0.926. The summed E-state index contributed by atoms with van der Waals surface area (Å²) in [6.07, 6.45) is 1.69. The van der Waals surface area contributed by atoms with Crippen LogP contribution in [0.5, 0.6) is 5.75 Å². The van der Waals surface area contributed by atoms with E-state index in [0.717, 1.165) is 37.4 Å². The van der Waals surface area contributed by atoms with Crippen LogP contribution in [0, 0.1) is 6.92 Å². The summed E-state index contributed by atoms with van der Waals surface area (Å²) in [6.45, 7) is 5.91. The maximum absolute atomic E-state index is 12.6. The molecule has 0 bridgehead atoms. The minimum Gasteiger partial charge on any atom is -0.495 e. The number of amides is 1. The molecule has 0 radical (unpaired) electrons. The zero-order valence-corrected chi connectivity index (χ0v) is 15.0. The van der Waals surface area contributed by atoms with Crippen LogP contribution >= 0.6 is 0 Å². The van der Waals surface area contributed by atoms with Crippen molar-refractivity contribution < 1.29 is 9.53 Å². The summed E-state index contributed by atoms with van der Waals surface area (Å²) in [5.74, 6) is 0.397. The van der Waals surface area contributed by atoms with E-state index in [0.29, 0.717) is 17.1 Å². The molecule has 1 N–H and O–H groups in total. The number of aromatic nitrogens is 1. The smallest absolute Gasteiger partial charge is 0.274 e. The molecule has 1 aliphatic heterocycles. The van der Waals surface area contributed by atoms with E-state index in [9.17, 15) is 4.79 Å². The Hall–Kier alpha value is -2.60. The van der Waals surface area contributed by atoms with Crippen LogP contribution in [-0.2, 0) is 0 Å². The van der Waals surface area contributed by atoms with Gasteiger partial charge in [0, 0.05) is 38.1 Å². The van der Waals surface area contributed by atoms with Crippen LogP contribution in [0.2, 0.25) is 0 Å². The third kappa shape index (κ3) is 4.09. The number of nitrogens with one attached hydrogen (secondary N) is 1. The minimum atomic E-state index is -0.236. The second kappa shape index (κ2) is 7.53. The standard InChI is InChI=1S/C19H24N4O2/c1-14-4-5-18(25-3)16(12-14)21-19(24)17-13-15(6-7-20-17)23-10-8-22(2)9-11-23/h4-7,12-13H,8-11H2,1-3H3,(H,21,24). The molecule has 1 aliphatic rings. The van der Waals surface area contributed by atoms with Gasteiger partial charge < -0.3 is 19.9 Å². The van der Waals surface area contributed by atoms with Crippen LogP contribution in [0.4, 0.5) is 11.4 Å². The minimum absolute atomic E-state index is 0.236. The molecule has 0 unspecified atom stereocenters. The highest BCUT2D eigenvalue weighted by molar-refractivity contribution is 6.04. The second-order valence-electron chi connectivity index (χ2n) is 6.35. The van der Waals surface area contributed by atoms with E-state index in [1.165, 1.54) is 0 Å². The molecule has 2 aromatic rings. The van der Waals surface area contributed by atoms with Crippen molar-refractivity contribution in [3.8, 4) is 5.75 Å². The van der Waals surface area contributed by atoms with Crippen LogP contribution < -0.4 is 15.0 Å². The summed E-state index contributed by atoms with van der Waals surface area (Å²) in [5, 5.41) is 2.90. The first-order valence-corrected chi connectivity index (χ1v) is 8.42. The fourth-order valence-electron chi connectivity index (χ4n) is 2.91. The highest BCUT2D eigenvalue weighted by atomic mass is 16.5. The normalized spacial score (nSPS) is 15.1. The number of carbonyl (C=O) groups is 1. The van der Waals surface area contributed by atoms with Crippen molar-refractivity contribution in [2.75, 3.05) is 50.6 Å². The molecule has 1 aromatic carbocycles. The predicted molar refractivity (Wildman–Crippen MR) is 99.6 cm³/mol. The number of pyridine rings is 1. The lowest BCUT2D eigenvalue weighted by Crippen LogP contribution is -2.44. The first-order chi connectivity index (χ1) is 12.1. The van der Waals surface area contributed by atoms with Crippen LogP contribution in [0.3, 0.4) is 0 Å². The van der Waals surface area contributed by atoms with Gasteiger partial charge in [0.1, 0.15) is 11.4 Å². The molecular formula is C19H24N4O2. The Labute approximate surface area is 148 Å². The Balaban J connectivity index is 1.77. The van der Waals surface area contributed by atoms with Gasteiger partial charge in [0.15, 0.2) is 0 Å². The summed E-state index contributed by atoms with van der Waals surface area (Å²) in [7, 11) is 3.71. The SMILES string of the molecule is COc1ccc(C)cc1NC(=O)c1cc(N2CCN(C)CC2)ccn1. The number of hydrogen-bond acceptors (Lipinski definition) is 5. The molecule has 1 fully saturated rings.